The van der Waals surface area contributed by atoms with Crippen LogP contribution >= 0.6 is 21.2 Å². The molecular formula is CH4BIOS. The maximum atomic E-state index is 10.1. The van der Waals surface area contributed by atoms with Crippen LogP contribution in [0.1, 0.15) is 0 Å². The zero-order valence-electron chi connectivity index (χ0n) is 2.90. The van der Waals surface area contributed by atoms with Crippen LogP contribution in [0.15, 0.2) is 0 Å². The molecule has 5 heavy (non-hydrogen) atoms. The molecule has 0 aromatic heterocycles. The summed E-state index contributed by atoms with van der Waals surface area (Å²) in [5.41, 5.74) is 0. The van der Waals surface area contributed by atoms with E-state index in [2.05, 4.69) is 6.72 Å². The third kappa shape index (κ3) is 48.0. The van der Waals surface area contributed by atoms with Crippen LogP contribution in [0.3, 0.4) is 0 Å². The first-order valence-corrected chi connectivity index (χ1v) is 5.70. The molecule has 0 saturated heterocycles. The molecule has 0 heterocycles. The molecule has 30 valence electrons. The van der Waals surface area contributed by atoms with Gasteiger partial charge in [0.1, 0.15) is 0 Å². The Labute approximate surface area is 45.0 Å². The van der Waals surface area contributed by atoms with Crippen molar-refractivity contribution in [2.75, 3.05) is 6.26 Å². The summed E-state index contributed by atoms with van der Waals surface area (Å²) < 4.78 is 10.1. The predicted molar refractivity (Wildman–Crippen MR) is 35.2 cm³/mol. The summed E-state index contributed by atoms with van der Waals surface area (Å²) in [6, 6.07) is 0. The van der Waals surface area contributed by atoms with Gasteiger partial charge in [-0.05, 0) is 0 Å². The fourth-order valence-corrected chi connectivity index (χ4v) is 0. The van der Waals surface area contributed by atoms with Crippen molar-refractivity contribution in [2.45, 2.75) is 0 Å². The van der Waals surface area contributed by atoms with Crippen LogP contribution in [-0.4, -0.2) is 17.2 Å². The molecule has 1 nitrogen and oxygen atoms in total. The summed E-state index contributed by atoms with van der Waals surface area (Å²) in [4.78, 5) is 0. The number of halogens is 1. The fraction of sp³-hybridized carbons (Fsp3) is 1.00. The van der Waals surface area contributed by atoms with Gasteiger partial charge < -0.3 is 0 Å². The van der Waals surface area contributed by atoms with E-state index in [1.807, 2.05) is 0 Å². The number of hydrogen-bond donors (Lipinski definition) is 0. The average molecular weight is 202 g/mol. The summed E-state index contributed by atoms with van der Waals surface area (Å²) >= 11 is 1.79. The van der Waals surface area contributed by atoms with Crippen LogP contribution < -0.4 is 0 Å². The molecule has 0 fully saturated rings. The van der Waals surface area contributed by atoms with E-state index < -0.39 is 6.53 Å². The van der Waals surface area contributed by atoms with Crippen molar-refractivity contribution >= 4 is 34.5 Å². The van der Waals surface area contributed by atoms with Crippen molar-refractivity contribution in [3.63, 3.8) is 0 Å². The quantitative estimate of drug-likeness (QED) is 0.308. The zero-order valence-corrected chi connectivity index (χ0v) is 5.88. The van der Waals surface area contributed by atoms with E-state index in [1.54, 1.807) is 27.5 Å². The standard InChI is InChI=1S/CH4BIOS/c1-5(2,3)4/h2H,1H3. The van der Waals surface area contributed by atoms with E-state index in [-0.39, 0.29) is 0 Å². The van der Waals surface area contributed by atoms with Crippen LogP contribution in [0.2, 0.25) is 0 Å². The Balaban J connectivity index is 4.06. The Morgan fingerprint density at radius 3 is 2.00 bits per heavy atom. The fourth-order valence-electron chi connectivity index (χ4n) is 0. The molecule has 0 rings (SSSR count). The predicted octanol–water partition coefficient (Wildman–Crippen LogP) is 0.0664. The summed E-state index contributed by atoms with van der Waals surface area (Å²) in [7, 11) is 0. The van der Waals surface area contributed by atoms with E-state index in [1.165, 1.54) is 0 Å². The first-order chi connectivity index (χ1) is 2.00. The van der Waals surface area contributed by atoms with Crippen LogP contribution in [0.5, 0.6) is 0 Å². The van der Waals surface area contributed by atoms with Gasteiger partial charge in [-0.1, -0.05) is 0 Å². The van der Waals surface area contributed by atoms with Crippen molar-refractivity contribution < 1.29 is 4.21 Å². The monoisotopic (exact) mass is 202 g/mol. The molecule has 1 unspecified atom stereocenters. The molecule has 0 N–H and O–H groups in total. The molecule has 0 saturated carbocycles. The van der Waals surface area contributed by atoms with Gasteiger partial charge in [0.2, 0.25) is 0 Å². The van der Waals surface area contributed by atoms with Crippen LogP contribution in [-0.2, 0) is 6.53 Å². The third-order valence-corrected chi connectivity index (χ3v) is 0. The summed E-state index contributed by atoms with van der Waals surface area (Å²) in [5.74, 6) is 0. The Morgan fingerprint density at radius 2 is 2.00 bits per heavy atom. The van der Waals surface area contributed by atoms with Gasteiger partial charge in [-0.3, -0.25) is 0 Å². The van der Waals surface area contributed by atoms with Crippen LogP contribution in [0.4, 0.5) is 0 Å². The molecule has 0 bridgehead atoms. The van der Waals surface area contributed by atoms with E-state index >= 15 is 0 Å². The third-order valence-electron chi connectivity index (χ3n) is 0. The first-order valence-electron chi connectivity index (χ1n) is 1.02. The van der Waals surface area contributed by atoms with E-state index in [0.29, 0.717) is 0 Å². The number of hydrogen-bond acceptors (Lipinski definition) is 1. The molecule has 0 aliphatic heterocycles. The van der Waals surface area contributed by atoms with Crippen molar-refractivity contribution in [3.8, 4) is 0 Å². The molecule has 1 atom stereocenters. The molecule has 0 aliphatic carbocycles. The van der Waals surface area contributed by atoms with E-state index in [4.69, 9.17) is 0 Å². The molecular weight excluding hydrogens is 198 g/mol. The van der Waals surface area contributed by atoms with Gasteiger partial charge in [0.15, 0.2) is 0 Å². The Kier molecular flexibility index (Phi) is 1.90. The summed E-state index contributed by atoms with van der Waals surface area (Å²) in [6.45, 7) is 1.59. The molecule has 0 amide bonds. The van der Waals surface area contributed by atoms with Gasteiger partial charge in [0, 0.05) is 0 Å². The van der Waals surface area contributed by atoms with Crippen molar-refractivity contribution in [3.05, 3.63) is 0 Å². The average Bonchev–Trinajstić information content (AvgIpc) is 0.722. The molecule has 0 aliphatic rings. The topological polar surface area (TPSA) is 17.1 Å². The normalized spacial score (nSPS) is 21.0. The van der Waals surface area contributed by atoms with Gasteiger partial charge in [0.25, 0.3) is 0 Å². The Hall–Kier alpha value is 0.945. The second-order valence-corrected chi connectivity index (χ2v) is 8.29. The van der Waals surface area contributed by atoms with Crippen molar-refractivity contribution in [1.82, 2.24) is 0 Å². The van der Waals surface area contributed by atoms with Crippen LogP contribution in [0, 0.1) is 0 Å². The van der Waals surface area contributed by atoms with Crippen LogP contribution in [0.25, 0.3) is 0 Å². The Morgan fingerprint density at radius 1 is 2.00 bits per heavy atom. The molecule has 0 aromatic carbocycles. The zero-order chi connectivity index (χ0) is 4.50. The van der Waals surface area contributed by atoms with Crippen molar-refractivity contribution in [2.24, 2.45) is 0 Å². The van der Waals surface area contributed by atoms with Gasteiger partial charge >= 0.3 is 44.9 Å². The van der Waals surface area contributed by atoms with Gasteiger partial charge in [-0.15, -0.1) is 0 Å². The second-order valence-electron chi connectivity index (χ2n) is 0.900. The van der Waals surface area contributed by atoms with E-state index in [0.717, 1.165) is 0 Å². The Bertz CT molecular complexity index is 94.8. The van der Waals surface area contributed by atoms with Gasteiger partial charge in [-0.2, -0.15) is 0 Å². The molecule has 0 aromatic rings. The minimum atomic E-state index is -1.70. The SMILES string of the molecule is B=S(C)(=O)I. The maximum absolute atomic E-state index is 10.1. The minimum absolute atomic E-state index is 1.59. The molecule has 4 heteroatoms. The molecule has 0 spiro atoms. The first kappa shape index (κ1) is 5.94. The molecule has 0 radical (unpaired) electrons. The van der Waals surface area contributed by atoms with Gasteiger partial charge in [-0.25, -0.2) is 0 Å². The van der Waals surface area contributed by atoms with Crippen molar-refractivity contribution in [1.29, 1.82) is 0 Å². The summed E-state index contributed by atoms with van der Waals surface area (Å²) in [6.07, 6.45) is 1.59. The van der Waals surface area contributed by atoms with Gasteiger partial charge in [0.05, 0.1) is 0 Å². The second kappa shape index (κ2) is 1.60. The van der Waals surface area contributed by atoms with E-state index in [9.17, 15) is 4.21 Å². The number of rotatable bonds is 0. The summed E-state index contributed by atoms with van der Waals surface area (Å²) in [5, 5.41) is 0.